The van der Waals surface area contributed by atoms with Gasteiger partial charge in [-0.2, -0.15) is 5.26 Å². The van der Waals surface area contributed by atoms with Crippen molar-refractivity contribution in [2.24, 2.45) is 0 Å². The van der Waals surface area contributed by atoms with Crippen LogP contribution in [0.4, 0.5) is 14.6 Å². The van der Waals surface area contributed by atoms with Crippen LogP contribution in [0.3, 0.4) is 0 Å². The zero-order valence-electron chi connectivity index (χ0n) is 12.0. The van der Waals surface area contributed by atoms with Crippen LogP contribution in [-0.2, 0) is 0 Å². The Balaban J connectivity index is 1.87. The lowest BCUT2D eigenvalue weighted by molar-refractivity contribution is 0.414. The predicted octanol–water partition coefficient (Wildman–Crippen LogP) is 2.94. The molecule has 3 rings (SSSR count). The maximum atomic E-state index is 13.3. The minimum Gasteiger partial charge on any atom is -0.367 e. The van der Waals surface area contributed by atoms with Crippen LogP contribution in [0.2, 0.25) is 0 Å². The highest BCUT2D eigenvalue weighted by Gasteiger charge is 2.14. The summed E-state index contributed by atoms with van der Waals surface area (Å²) < 4.78 is 26.6. The number of nitrogens with one attached hydrogen (secondary N) is 2. The average Bonchev–Trinajstić information content (AvgIpc) is 2.54. The molecule has 114 valence electrons. The van der Waals surface area contributed by atoms with E-state index in [9.17, 15) is 14.0 Å². The third-order valence-corrected chi connectivity index (χ3v) is 3.91. The monoisotopic (exact) mass is 302 g/mol. The van der Waals surface area contributed by atoms with E-state index in [0.717, 1.165) is 25.1 Å². The van der Waals surface area contributed by atoms with E-state index in [4.69, 9.17) is 0 Å². The Morgan fingerprint density at radius 2 is 2.09 bits per heavy atom. The standard InChI is InChI=1S/C16H16F2N4/c17-13-6-10-5-11(8-19)16(22-15(10)7-14(13)18)21-9-12-3-1-2-4-20-12/h5-7,12,20H,1-4,9H2,(H,21,22)/t12-/m0/s1. The van der Waals surface area contributed by atoms with E-state index in [1.807, 2.05) is 6.07 Å². The van der Waals surface area contributed by atoms with E-state index in [1.165, 1.54) is 18.9 Å². The molecular formula is C16H16F2N4. The van der Waals surface area contributed by atoms with Crippen molar-refractivity contribution in [3.8, 4) is 6.07 Å². The van der Waals surface area contributed by atoms with Crippen LogP contribution in [-0.4, -0.2) is 24.1 Å². The summed E-state index contributed by atoms with van der Waals surface area (Å²) in [5.41, 5.74) is 0.659. The number of nitrogens with zero attached hydrogens (tertiary/aromatic N) is 2. The van der Waals surface area contributed by atoms with Crippen LogP contribution in [0.5, 0.6) is 0 Å². The number of hydrogen-bond donors (Lipinski definition) is 2. The Hall–Kier alpha value is -2.26. The van der Waals surface area contributed by atoms with Crippen molar-refractivity contribution in [1.29, 1.82) is 5.26 Å². The quantitative estimate of drug-likeness (QED) is 0.915. The Morgan fingerprint density at radius 1 is 1.27 bits per heavy atom. The van der Waals surface area contributed by atoms with Gasteiger partial charge in [-0.25, -0.2) is 13.8 Å². The summed E-state index contributed by atoms with van der Waals surface area (Å²) >= 11 is 0. The molecule has 4 nitrogen and oxygen atoms in total. The third kappa shape index (κ3) is 3.00. The molecular weight excluding hydrogens is 286 g/mol. The second kappa shape index (κ2) is 6.24. The van der Waals surface area contributed by atoms with Gasteiger partial charge in [-0.3, -0.25) is 0 Å². The van der Waals surface area contributed by atoms with Crippen LogP contribution >= 0.6 is 0 Å². The summed E-state index contributed by atoms with van der Waals surface area (Å²) in [6.45, 7) is 1.64. The molecule has 0 saturated carbocycles. The van der Waals surface area contributed by atoms with Gasteiger partial charge >= 0.3 is 0 Å². The Morgan fingerprint density at radius 3 is 2.82 bits per heavy atom. The molecule has 0 unspecified atom stereocenters. The summed E-state index contributed by atoms with van der Waals surface area (Å²) in [4.78, 5) is 4.26. The first-order valence-electron chi connectivity index (χ1n) is 7.34. The van der Waals surface area contributed by atoms with Gasteiger partial charge in [0.05, 0.1) is 11.1 Å². The van der Waals surface area contributed by atoms with E-state index < -0.39 is 11.6 Å². The zero-order valence-corrected chi connectivity index (χ0v) is 12.0. The molecule has 0 amide bonds. The molecule has 22 heavy (non-hydrogen) atoms. The number of fused-ring (bicyclic) bond motifs is 1. The molecule has 2 heterocycles. The van der Waals surface area contributed by atoms with Gasteiger partial charge in [0.15, 0.2) is 11.6 Å². The normalized spacial score (nSPS) is 18.1. The van der Waals surface area contributed by atoms with Gasteiger partial charge < -0.3 is 10.6 Å². The predicted molar refractivity (Wildman–Crippen MR) is 80.5 cm³/mol. The molecule has 2 N–H and O–H groups in total. The lowest BCUT2D eigenvalue weighted by Gasteiger charge is -2.24. The van der Waals surface area contributed by atoms with Gasteiger partial charge in [-0.05, 0) is 31.5 Å². The molecule has 1 aromatic carbocycles. The van der Waals surface area contributed by atoms with E-state index in [2.05, 4.69) is 15.6 Å². The minimum absolute atomic E-state index is 0.328. The summed E-state index contributed by atoms with van der Waals surface area (Å²) in [5, 5.41) is 16.2. The second-order valence-corrected chi connectivity index (χ2v) is 5.48. The molecule has 1 aliphatic rings. The maximum absolute atomic E-state index is 13.3. The van der Waals surface area contributed by atoms with Gasteiger partial charge in [0, 0.05) is 24.0 Å². The molecule has 0 radical (unpaired) electrons. The number of hydrogen-bond acceptors (Lipinski definition) is 4. The fraction of sp³-hybridized carbons (Fsp3) is 0.375. The molecule has 0 spiro atoms. The zero-order chi connectivity index (χ0) is 15.5. The molecule has 0 aliphatic carbocycles. The molecule has 1 fully saturated rings. The average molecular weight is 302 g/mol. The number of nitriles is 1. The van der Waals surface area contributed by atoms with E-state index in [0.29, 0.717) is 34.9 Å². The topological polar surface area (TPSA) is 60.7 Å². The Labute approximate surface area is 127 Å². The van der Waals surface area contributed by atoms with Crippen LogP contribution < -0.4 is 10.6 Å². The van der Waals surface area contributed by atoms with E-state index >= 15 is 0 Å². The number of aromatic nitrogens is 1. The van der Waals surface area contributed by atoms with Crippen molar-refractivity contribution < 1.29 is 8.78 Å². The highest BCUT2D eigenvalue weighted by molar-refractivity contribution is 5.83. The number of pyridine rings is 1. The highest BCUT2D eigenvalue weighted by atomic mass is 19.2. The molecule has 1 aromatic heterocycles. The van der Waals surface area contributed by atoms with Crippen LogP contribution in [0.25, 0.3) is 10.9 Å². The van der Waals surface area contributed by atoms with Gasteiger partial charge in [0.25, 0.3) is 0 Å². The third-order valence-electron chi connectivity index (χ3n) is 3.91. The lowest BCUT2D eigenvalue weighted by atomic mass is 10.1. The van der Waals surface area contributed by atoms with Crippen molar-refractivity contribution in [2.75, 3.05) is 18.4 Å². The fourth-order valence-corrected chi connectivity index (χ4v) is 2.71. The number of anilines is 1. The largest absolute Gasteiger partial charge is 0.367 e. The molecule has 0 bridgehead atoms. The van der Waals surface area contributed by atoms with E-state index in [-0.39, 0.29) is 0 Å². The molecule has 1 atom stereocenters. The van der Waals surface area contributed by atoms with Crippen molar-refractivity contribution in [3.63, 3.8) is 0 Å². The van der Waals surface area contributed by atoms with Gasteiger partial charge in [-0.15, -0.1) is 0 Å². The van der Waals surface area contributed by atoms with Gasteiger partial charge in [-0.1, -0.05) is 6.42 Å². The number of benzene rings is 1. The molecule has 1 aliphatic heterocycles. The van der Waals surface area contributed by atoms with Gasteiger partial charge in [0.1, 0.15) is 11.9 Å². The highest BCUT2D eigenvalue weighted by Crippen LogP contribution is 2.22. The Bertz CT molecular complexity index is 733. The molecule has 2 aromatic rings. The summed E-state index contributed by atoms with van der Waals surface area (Å²) in [5.74, 6) is -1.47. The van der Waals surface area contributed by atoms with Crippen LogP contribution in [0, 0.1) is 23.0 Å². The van der Waals surface area contributed by atoms with Crippen LogP contribution in [0.15, 0.2) is 18.2 Å². The maximum Gasteiger partial charge on any atom is 0.161 e. The van der Waals surface area contributed by atoms with E-state index in [1.54, 1.807) is 0 Å². The van der Waals surface area contributed by atoms with Gasteiger partial charge in [0.2, 0.25) is 0 Å². The lowest BCUT2D eigenvalue weighted by Crippen LogP contribution is -2.39. The van der Waals surface area contributed by atoms with Crippen molar-refractivity contribution in [3.05, 3.63) is 35.4 Å². The first-order valence-corrected chi connectivity index (χ1v) is 7.34. The number of piperidine rings is 1. The van der Waals surface area contributed by atoms with Crippen molar-refractivity contribution >= 4 is 16.7 Å². The van der Waals surface area contributed by atoms with Crippen molar-refractivity contribution in [1.82, 2.24) is 10.3 Å². The smallest absolute Gasteiger partial charge is 0.161 e. The summed E-state index contributed by atoms with van der Waals surface area (Å²) in [6, 6.07) is 6.02. The summed E-state index contributed by atoms with van der Waals surface area (Å²) in [7, 11) is 0. The second-order valence-electron chi connectivity index (χ2n) is 5.48. The molecule has 6 heteroatoms. The summed E-state index contributed by atoms with van der Waals surface area (Å²) in [6.07, 6.45) is 3.43. The fourth-order valence-electron chi connectivity index (χ4n) is 2.71. The first-order chi connectivity index (χ1) is 10.7. The number of rotatable bonds is 3. The molecule has 1 saturated heterocycles. The minimum atomic E-state index is -0.940. The first kappa shape index (κ1) is 14.7. The Kier molecular flexibility index (Phi) is 4.16. The van der Waals surface area contributed by atoms with Crippen molar-refractivity contribution in [2.45, 2.75) is 25.3 Å². The number of halogens is 2. The van der Waals surface area contributed by atoms with Crippen LogP contribution in [0.1, 0.15) is 24.8 Å². The SMILES string of the molecule is N#Cc1cc2cc(F)c(F)cc2nc1NC[C@@H]1CCCCN1.